The maximum absolute atomic E-state index is 12.9. The number of benzene rings is 2. The zero-order chi connectivity index (χ0) is 21.5. The Morgan fingerprint density at radius 3 is 2.55 bits per heavy atom. The molecule has 4 nitrogen and oxygen atoms in total. The summed E-state index contributed by atoms with van der Waals surface area (Å²) in [5, 5.41) is 0.677. The van der Waals surface area contributed by atoms with Crippen molar-refractivity contribution in [3.8, 4) is 16.8 Å². The van der Waals surface area contributed by atoms with Crippen LogP contribution in [0, 0.1) is 0 Å². The maximum atomic E-state index is 12.9. The zero-order valence-corrected chi connectivity index (χ0v) is 18.2. The first-order valence-electron chi connectivity index (χ1n) is 10.7. The van der Waals surface area contributed by atoms with Crippen LogP contribution >= 0.6 is 11.6 Å². The number of hydrogen-bond donors (Lipinski definition) is 0. The molecule has 3 aromatic rings. The lowest BCUT2D eigenvalue weighted by Gasteiger charge is -2.47. The van der Waals surface area contributed by atoms with Gasteiger partial charge in [-0.25, -0.2) is 4.39 Å². The fourth-order valence-corrected chi connectivity index (χ4v) is 4.73. The molecule has 31 heavy (non-hydrogen) atoms. The third-order valence-corrected chi connectivity index (χ3v) is 6.80. The SMILES string of the molecule is C[C@H](CF)N1CC(N2CCc3cc(-n4ccc(-c5ccc(Cl)cc5)cc4=O)ccc32)C1. The lowest BCUT2D eigenvalue weighted by molar-refractivity contribution is 0.0841. The fraction of sp³-hybridized carbons (Fsp3) is 0.320. The molecule has 0 aliphatic carbocycles. The Morgan fingerprint density at radius 2 is 1.84 bits per heavy atom. The highest BCUT2D eigenvalue weighted by Crippen LogP contribution is 2.34. The molecule has 0 unspecified atom stereocenters. The second kappa shape index (κ2) is 8.13. The summed E-state index contributed by atoms with van der Waals surface area (Å²) in [6, 6.07) is 17.8. The number of fused-ring (bicyclic) bond motifs is 1. The third-order valence-electron chi connectivity index (χ3n) is 6.55. The van der Waals surface area contributed by atoms with Gasteiger partial charge in [0.25, 0.3) is 5.56 Å². The first-order valence-corrected chi connectivity index (χ1v) is 11.1. The second-order valence-corrected chi connectivity index (χ2v) is 8.93. The summed E-state index contributed by atoms with van der Waals surface area (Å²) < 4.78 is 14.6. The maximum Gasteiger partial charge on any atom is 0.255 e. The Bertz CT molecular complexity index is 1150. The molecule has 0 radical (unpaired) electrons. The van der Waals surface area contributed by atoms with Gasteiger partial charge in [0.2, 0.25) is 0 Å². The molecule has 0 spiro atoms. The van der Waals surface area contributed by atoms with E-state index in [4.69, 9.17) is 11.6 Å². The van der Waals surface area contributed by atoms with Crippen molar-refractivity contribution in [3.63, 3.8) is 0 Å². The zero-order valence-electron chi connectivity index (χ0n) is 17.5. The van der Waals surface area contributed by atoms with Crippen LogP contribution in [0.1, 0.15) is 12.5 Å². The van der Waals surface area contributed by atoms with Crippen molar-refractivity contribution in [2.24, 2.45) is 0 Å². The van der Waals surface area contributed by atoms with Crippen LogP contribution in [0.25, 0.3) is 16.8 Å². The predicted octanol–water partition coefficient (Wildman–Crippen LogP) is 4.56. The molecule has 2 aliphatic rings. The number of rotatable bonds is 5. The van der Waals surface area contributed by atoms with Crippen LogP contribution in [0.15, 0.2) is 65.6 Å². The molecule has 6 heteroatoms. The summed E-state index contributed by atoms with van der Waals surface area (Å²) in [6.45, 7) is 4.45. The second-order valence-electron chi connectivity index (χ2n) is 8.50. The Kier molecular flexibility index (Phi) is 5.32. The van der Waals surface area contributed by atoms with Gasteiger partial charge in [0.05, 0.1) is 6.04 Å². The van der Waals surface area contributed by atoms with Gasteiger partial charge in [0, 0.05) is 54.3 Å². The normalized spacial score (nSPS) is 17.5. The van der Waals surface area contributed by atoms with Crippen LogP contribution in [0.3, 0.4) is 0 Å². The molecule has 0 saturated carbocycles. The number of pyridine rings is 1. The summed E-state index contributed by atoms with van der Waals surface area (Å²) >= 11 is 5.97. The number of aromatic nitrogens is 1. The summed E-state index contributed by atoms with van der Waals surface area (Å²) in [4.78, 5) is 17.5. The van der Waals surface area contributed by atoms with Gasteiger partial charge in [0.1, 0.15) is 6.67 Å². The largest absolute Gasteiger partial charge is 0.365 e. The van der Waals surface area contributed by atoms with E-state index in [1.54, 1.807) is 10.6 Å². The number of nitrogens with zero attached hydrogens (tertiary/aromatic N) is 3. The average molecular weight is 438 g/mol. The van der Waals surface area contributed by atoms with Crippen LogP contribution in [0.5, 0.6) is 0 Å². The number of halogens is 2. The minimum Gasteiger partial charge on any atom is -0.365 e. The van der Waals surface area contributed by atoms with E-state index in [2.05, 4.69) is 21.9 Å². The highest BCUT2D eigenvalue weighted by molar-refractivity contribution is 6.30. The molecular formula is C25H25ClFN3O. The van der Waals surface area contributed by atoms with E-state index >= 15 is 0 Å². The van der Waals surface area contributed by atoms with Crippen molar-refractivity contribution in [3.05, 3.63) is 81.7 Å². The van der Waals surface area contributed by atoms with E-state index in [1.807, 2.05) is 49.5 Å². The van der Waals surface area contributed by atoms with Crippen LogP contribution < -0.4 is 10.5 Å². The Hall–Kier alpha value is -2.63. The molecule has 160 valence electrons. The molecule has 2 aliphatic heterocycles. The van der Waals surface area contributed by atoms with Crippen molar-refractivity contribution in [2.75, 3.05) is 31.2 Å². The predicted molar refractivity (Wildman–Crippen MR) is 124 cm³/mol. The molecule has 2 aromatic carbocycles. The van der Waals surface area contributed by atoms with Crippen molar-refractivity contribution >= 4 is 17.3 Å². The summed E-state index contributed by atoms with van der Waals surface area (Å²) in [5.74, 6) is 0. The van der Waals surface area contributed by atoms with E-state index in [9.17, 15) is 9.18 Å². The van der Waals surface area contributed by atoms with Gasteiger partial charge in [-0.1, -0.05) is 23.7 Å². The highest BCUT2D eigenvalue weighted by atomic mass is 35.5. The Labute approximate surface area is 186 Å². The molecule has 0 amide bonds. The van der Waals surface area contributed by atoms with Gasteiger partial charge in [-0.3, -0.25) is 14.3 Å². The lowest BCUT2D eigenvalue weighted by Crippen LogP contribution is -2.62. The number of alkyl halides is 1. The topological polar surface area (TPSA) is 28.5 Å². The lowest BCUT2D eigenvalue weighted by atomic mass is 10.0. The Balaban J connectivity index is 1.36. The molecule has 1 aromatic heterocycles. The van der Waals surface area contributed by atoms with E-state index in [0.717, 1.165) is 42.9 Å². The van der Waals surface area contributed by atoms with Gasteiger partial charge < -0.3 is 4.90 Å². The standard InChI is InChI=1S/C25H25ClFN3O/c1-17(14-27)28-15-23(16-28)29-10-9-20-12-22(6-7-24(20)29)30-11-8-19(13-25(30)31)18-2-4-21(26)5-3-18/h2-8,11-13,17,23H,9-10,14-16H2,1H3/t17-/m1/s1. The van der Waals surface area contributed by atoms with Crippen molar-refractivity contribution in [1.29, 1.82) is 0 Å². The van der Waals surface area contributed by atoms with Crippen LogP contribution in [-0.2, 0) is 6.42 Å². The summed E-state index contributed by atoms with van der Waals surface area (Å²) in [5.41, 5.74) is 5.18. The smallest absolute Gasteiger partial charge is 0.255 e. The quantitative estimate of drug-likeness (QED) is 0.585. The number of likely N-dealkylation sites (tertiary alicyclic amines) is 1. The van der Waals surface area contributed by atoms with E-state index in [-0.39, 0.29) is 18.3 Å². The van der Waals surface area contributed by atoms with Crippen molar-refractivity contribution in [1.82, 2.24) is 9.47 Å². The molecule has 1 fully saturated rings. The molecule has 1 saturated heterocycles. The first kappa shape index (κ1) is 20.3. The minimum absolute atomic E-state index is 0.00317. The van der Waals surface area contributed by atoms with E-state index in [1.165, 1.54) is 11.3 Å². The number of hydrogen-bond acceptors (Lipinski definition) is 3. The average Bonchev–Trinajstić information content (AvgIpc) is 3.16. The summed E-state index contributed by atoms with van der Waals surface area (Å²) in [6.07, 6.45) is 2.80. The monoisotopic (exact) mass is 437 g/mol. The molecule has 0 bridgehead atoms. The Morgan fingerprint density at radius 1 is 1.06 bits per heavy atom. The molecular weight excluding hydrogens is 413 g/mol. The van der Waals surface area contributed by atoms with Gasteiger partial charge >= 0.3 is 0 Å². The molecule has 1 atom stereocenters. The molecule has 0 N–H and O–H groups in total. The number of anilines is 1. The van der Waals surface area contributed by atoms with Gasteiger partial charge in [0.15, 0.2) is 0 Å². The fourth-order valence-electron chi connectivity index (χ4n) is 4.60. The molecule has 5 rings (SSSR count). The van der Waals surface area contributed by atoms with Crippen LogP contribution in [0.4, 0.5) is 10.1 Å². The van der Waals surface area contributed by atoms with E-state index < -0.39 is 0 Å². The van der Waals surface area contributed by atoms with Crippen LogP contribution in [-0.4, -0.2) is 47.9 Å². The first-order chi connectivity index (χ1) is 15.0. The van der Waals surface area contributed by atoms with E-state index in [0.29, 0.717) is 11.1 Å². The van der Waals surface area contributed by atoms with Crippen molar-refractivity contribution in [2.45, 2.75) is 25.4 Å². The summed E-state index contributed by atoms with van der Waals surface area (Å²) in [7, 11) is 0. The van der Waals surface area contributed by atoms with Gasteiger partial charge in [-0.15, -0.1) is 0 Å². The minimum atomic E-state index is -0.293. The van der Waals surface area contributed by atoms with Crippen molar-refractivity contribution < 1.29 is 4.39 Å². The van der Waals surface area contributed by atoms with Gasteiger partial charge in [-0.05, 0) is 66.4 Å². The third kappa shape index (κ3) is 3.77. The van der Waals surface area contributed by atoms with Gasteiger partial charge in [-0.2, -0.15) is 0 Å². The molecule has 3 heterocycles. The highest BCUT2D eigenvalue weighted by Gasteiger charge is 2.37. The van der Waals surface area contributed by atoms with Crippen LogP contribution in [0.2, 0.25) is 5.02 Å².